The number of hydrogen-bond acceptors (Lipinski definition) is 6. The van der Waals surface area contributed by atoms with Crippen LogP contribution in [0.5, 0.6) is 0 Å². The maximum Gasteiger partial charge on any atom is 0.277 e. The van der Waals surface area contributed by atoms with Gasteiger partial charge in [0, 0.05) is 17.2 Å². The normalized spacial score (nSPS) is 15.2. The second-order valence-corrected chi connectivity index (χ2v) is 6.66. The van der Waals surface area contributed by atoms with Crippen molar-refractivity contribution in [2.45, 2.75) is 36.2 Å². The largest absolute Gasteiger partial charge is 0.416 e. The van der Waals surface area contributed by atoms with Crippen molar-refractivity contribution in [1.29, 1.82) is 0 Å². The fraction of sp³-hybridized carbons (Fsp3) is 0.333. The van der Waals surface area contributed by atoms with E-state index < -0.39 is 11.2 Å². The quantitative estimate of drug-likeness (QED) is 0.784. The molecule has 1 aromatic carbocycles. The molecule has 2 aromatic rings. The lowest BCUT2D eigenvalue weighted by molar-refractivity contribution is -0.115. The number of rotatable bonds is 6. The van der Waals surface area contributed by atoms with E-state index in [1.165, 1.54) is 11.8 Å². The van der Waals surface area contributed by atoms with E-state index in [0.29, 0.717) is 28.3 Å². The molecule has 1 atom stereocenters. The van der Waals surface area contributed by atoms with E-state index in [1.54, 1.807) is 31.2 Å². The van der Waals surface area contributed by atoms with Gasteiger partial charge >= 0.3 is 0 Å². The van der Waals surface area contributed by atoms with Gasteiger partial charge in [0.15, 0.2) is 0 Å². The molecular formula is C15H16N4O3S. The minimum Gasteiger partial charge on any atom is -0.416 e. The summed E-state index contributed by atoms with van der Waals surface area (Å²) in [7, 11) is 0. The van der Waals surface area contributed by atoms with Crippen LogP contribution < -0.4 is 11.1 Å². The van der Waals surface area contributed by atoms with E-state index in [4.69, 9.17) is 10.2 Å². The Kier molecular flexibility index (Phi) is 4.33. The molecule has 0 aliphatic heterocycles. The van der Waals surface area contributed by atoms with Crippen molar-refractivity contribution in [3.63, 3.8) is 0 Å². The molecule has 1 saturated carbocycles. The summed E-state index contributed by atoms with van der Waals surface area (Å²) in [5.74, 6) is 0.356. The van der Waals surface area contributed by atoms with Crippen LogP contribution in [0.3, 0.4) is 0 Å². The van der Waals surface area contributed by atoms with Crippen LogP contribution in [0.4, 0.5) is 5.69 Å². The summed E-state index contributed by atoms with van der Waals surface area (Å²) >= 11 is 1.22. The Morgan fingerprint density at radius 2 is 2.00 bits per heavy atom. The molecule has 0 unspecified atom stereocenters. The Morgan fingerprint density at radius 3 is 2.61 bits per heavy atom. The summed E-state index contributed by atoms with van der Waals surface area (Å²) in [6.07, 6.45) is 2.17. The first-order valence-electron chi connectivity index (χ1n) is 7.23. The van der Waals surface area contributed by atoms with Gasteiger partial charge in [-0.1, -0.05) is 11.8 Å². The molecular weight excluding hydrogens is 316 g/mol. The molecule has 3 N–H and O–H groups in total. The van der Waals surface area contributed by atoms with Crippen LogP contribution in [0.15, 0.2) is 33.9 Å². The zero-order valence-corrected chi connectivity index (χ0v) is 13.3. The number of carbonyl (C=O) groups is 2. The van der Waals surface area contributed by atoms with Gasteiger partial charge in [0.1, 0.15) is 0 Å². The van der Waals surface area contributed by atoms with Crippen LogP contribution in [0, 0.1) is 0 Å². The molecule has 1 fully saturated rings. The first kappa shape index (κ1) is 15.5. The molecule has 23 heavy (non-hydrogen) atoms. The molecule has 0 radical (unpaired) electrons. The summed E-state index contributed by atoms with van der Waals surface area (Å²) < 4.78 is 5.53. The number of carbonyl (C=O) groups excluding carboxylic acids is 2. The molecule has 2 amide bonds. The Morgan fingerprint density at radius 1 is 1.30 bits per heavy atom. The fourth-order valence-corrected chi connectivity index (χ4v) is 2.62. The Labute approximate surface area is 137 Å². The summed E-state index contributed by atoms with van der Waals surface area (Å²) in [5, 5.41) is 10.7. The number of amides is 2. The summed E-state index contributed by atoms with van der Waals surface area (Å²) in [4.78, 5) is 23.2. The highest BCUT2D eigenvalue weighted by Crippen LogP contribution is 2.40. The number of primary amides is 1. The number of benzene rings is 1. The number of nitrogens with one attached hydrogen (secondary N) is 1. The van der Waals surface area contributed by atoms with E-state index in [-0.39, 0.29) is 5.91 Å². The van der Waals surface area contributed by atoms with Gasteiger partial charge in [-0.25, -0.2) is 0 Å². The summed E-state index contributed by atoms with van der Waals surface area (Å²) in [6, 6.07) is 6.39. The second kappa shape index (κ2) is 6.41. The SMILES string of the molecule is C[C@@H](Sc1nnc(C2CC2)o1)C(=O)Nc1ccc(C(N)=O)cc1. The number of anilines is 1. The van der Waals surface area contributed by atoms with Gasteiger partial charge in [0.25, 0.3) is 5.22 Å². The average Bonchev–Trinajstić information content (AvgIpc) is 3.28. The first-order chi connectivity index (χ1) is 11.0. The van der Waals surface area contributed by atoms with Crippen LogP contribution in [0.25, 0.3) is 0 Å². The monoisotopic (exact) mass is 332 g/mol. The van der Waals surface area contributed by atoms with Crippen molar-refractivity contribution in [3.8, 4) is 0 Å². The van der Waals surface area contributed by atoms with Crippen molar-refractivity contribution < 1.29 is 14.0 Å². The number of nitrogens with two attached hydrogens (primary N) is 1. The molecule has 0 bridgehead atoms. The highest BCUT2D eigenvalue weighted by atomic mass is 32.2. The van der Waals surface area contributed by atoms with Crippen molar-refractivity contribution in [2.24, 2.45) is 5.73 Å². The van der Waals surface area contributed by atoms with Gasteiger partial charge in [-0.3, -0.25) is 9.59 Å². The van der Waals surface area contributed by atoms with Crippen LogP contribution in [0.1, 0.15) is 41.9 Å². The lowest BCUT2D eigenvalue weighted by atomic mass is 10.2. The third-order valence-electron chi connectivity index (χ3n) is 3.43. The molecule has 0 spiro atoms. The van der Waals surface area contributed by atoms with E-state index in [9.17, 15) is 9.59 Å². The van der Waals surface area contributed by atoms with Crippen molar-refractivity contribution in [2.75, 3.05) is 5.32 Å². The predicted octanol–water partition coefficient (Wildman–Crippen LogP) is 2.17. The standard InChI is InChI=1S/C15H16N4O3S/c1-8(23-15-19-18-14(22-15)10-2-3-10)13(21)17-11-6-4-9(5-7-11)12(16)20/h4-8,10H,2-3H2,1H3,(H2,16,20)(H,17,21)/t8-/m1/s1. The van der Waals surface area contributed by atoms with E-state index in [1.807, 2.05) is 0 Å². The molecule has 8 heteroatoms. The summed E-state index contributed by atoms with van der Waals surface area (Å²) in [6.45, 7) is 1.76. The third-order valence-corrected chi connectivity index (χ3v) is 4.37. The minimum atomic E-state index is -0.505. The summed E-state index contributed by atoms with van der Waals surface area (Å²) in [5.41, 5.74) is 6.16. The van der Waals surface area contributed by atoms with E-state index in [2.05, 4.69) is 15.5 Å². The molecule has 0 saturated heterocycles. The maximum atomic E-state index is 12.2. The van der Waals surface area contributed by atoms with Gasteiger partial charge in [0.05, 0.1) is 5.25 Å². The molecule has 7 nitrogen and oxygen atoms in total. The number of thioether (sulfide) groups is 1. The fourth-order valence-electron chi connectivity index (χ4n) is 1.93. The van der Waals surface area contributed by atoms with Crippen LogP contribution in [-0.4, -0.2) is 27.3 Å². The topological polar surface area (TPSA) is 111 Å². The average molecular weight is 332 g/mol. The maximum absolute atomic E-state index is 12.2. The van der Waals surface area contributed by atoms with E-state index >= 15 is 0 Å². The highest BCUT2D eigenvalue weighted by molar-refractivity contribution is 8.00. The molecule has 120 valence electrons. The smallest absolute Gasteiger partial charge is 0.277 e. The Hall–Kier alpha value is -2.35. The predicted molar refractivity (Wildman–Crippen MR) is 85.2 cm³/mol. The van der Waals surface area contributed by atoms with Crippen molar-refractivity contribution in [3.05, 3.63) is 35.7 Å². The lowest BCUT2D eigenvalue weighted by Gasteiger charge is -2.10. The number of hydrogen-bond donors (Lipinski definition) is 2. The van der Waals surface area contributed by atoms with E-state index in [0.717, 1.165) is 12.8 Å². The zero-order chi connectivity index (χ0) is 16.4. The second-order valence-electron chi connectivity index (χ2n) is 5.37. The van der Waals surface area contributed by atoms with Crippen LogP contribution >= 0.6 is 11.8 Å². The van der Waals surface area contributed by atoms with Crippen molar-refractivity contribution in [1.82, 2.24) is 10.2 Å². The molecule has 3 rings (SSSR count). The molecule has 1 aliphatic carbocycles. The van der Waals surface area contributed by atoms with Gasteiger partial charge in [0.2, 0.25) is 17.7 Å². The van der Waals surface area contributed by atoms with Gasteiger partial charge in [-0.2, -0.15) is 0 Å². The van der Waals surface area contributed by atoms with Crippen molar-refractivity contribution >= 4 is 29.3 Å². The van der Waals surface area contributed by atoms with Crippen LogP contribution in [-0.2, 0) is 4.79 Å². The Balaban J connectivity index is 1.56. The number of aromatic nitrogens is 2. The molecule has 1 aromatic heterocycles. The van der Waals surface area contributed by atoms with Gasteiger partial charge < -0.3 is 15.5 Å². The highest BCUT2D eigenvalue weighted by Gasteiger charge is 2.30. The minimum absolute atomic E-state index is 0.187. The molecule has 1 aliphatic rings. The lowest BCUT2D eigenvalue weighted by Crippen LogP contribution is -2.22. The van der Waals surface area contributed by atoms with Gasteiger partial charge in [-0.05, 0) is 44.0 Å². The third kappa shape index (κ3) is 3.89. The molecule has 1 heterocycles. The Bertz CT molecular complexity index is 725. The number of nitrogens with zero attached hydrogens (tertiary/aromatic N) is 2. The first-order valence-corrected chi connectivity index (χ1v) is 8.11. The van der Waals surface area contributed by atoms with Gasteiger partial charge in [-0.15, -0.1) is 10.2 Å². The zero-order valence-electron chi connectivity index (χ0n) is 12.5. The van der Waals surface area contributed by atoms with Crippen LogP contribution in [0.2, 0.25) is 0 Å².